The van der Waals surface area contributed by atoms with Crippen LogP contribution in [0.1, 0.15) is 25.3 Å². The van der Waals surface area contributed by atoms with Crippen LogP contribution in [0.2, 0.25) is 0 Å². The normalized spacial score (nSPS) is 22.9. The van der Waals surface area contributed by atoms with Gasteiger partial charge in [0.1, 0.15) is 12.8 Å². The SMILES string of the molecule is COC1CC(C(=O)Nc2ccc(C3=CN(C)C(O)C(C)=C3)cc2NCCOCC(F)(F)F)C1. The van der Waals surface area contributed by atoms with E-state index in [0.29, 0.717) is 24.2 Å². The first-order chi connectivity index (χ1) is 15.6. The van der Waals surface area contributed by atoms with E-state index < -0.39 is 19.0 Å². The van der Waals surface area contributed by atoms with Crippen molar-refractivity contribution in [2.75, 3.05) is 44.5 Å². The van der Waals surface area contributed by atoms with Gasteiger partial charge in [-0.3, -0.25) is 4.79 Å². The molecule has 3 N–H and O–H groups in total. The van der Waals surface area contributed by atoms with Gasteiger partial charge in [0.15, 0.2) is 0 Å². The monoisotopic (exact) mass is 469 g/mol. The number of alkyl halides is 3. The molecular formula is C23H30F3N3O4. The number of allylic oxidation sites excluding steroid dienone is 2. The summed E-state index contributed by atoms with van der Waals surface area (Å²) in [5, 5.41) is 16.1. The zero-order valence-corrected chi connectivity index (χ0v) is 18.9. The van der Waals surface area contributed by atoms with Crippen LogP contribution in [0.5, 0.6) is 0 Å². The summed E-state index contributed by atoms with van der Waals surface area (Å²) in [6, 6.07) is 5.42. The van der Waals surface area contributed by atoms with E-state index in [1.807, 2.05) is 25.1 Å². The van der Waals surface area contributed by atoms with Gasteiger partial charge >= 0.3 is 6.18 Å². The van der Waals surface area contributed by atoms with Gasteiger partial charge in [-0.05, 0) is 54.7 Å². The Bertz CT molecular complexity index is 911. The van der Waals surface area contributed by atoms with E-state index in [1.165, 1.54) is 0 Å². The molecule has 0 aromatic heterocycles. The first-order valence-electron chi connectivity index (χ1n) is 10.7. The van der Waals surface area contributed by atoms with E-state index in [0.717, 1.165) is 16.7 Å². The van der Waals surface area contributed by atoms with Crippen LogP contribution in [0, 0.1) is 5.92 Å². The van der Waals surface area contributed by atoms with Gasteiger partial charge in [-0.1, -0.05) is 6.07 Å². The Morgan fingerprint density at radius 3 is 2.64 bits per heavy atom. The number of methoxy groups -OCH3 is 1. The first kappa shape index (κ1) is 25.1. The molecule has 1 aromatic carbocycles. The molecule has 10 heteroatoms. The van der Waals surface area contributed by atoms with E-state index in [9.17, 15) is 23.1 Å². The standard InChI is InChI=1S/C23H30F3N3O4/c1-14-8-17(12-29(2)22(14)31)15-4-5-19(28-21(30)16-9-18(10-16)32-3)20(11-15)27-6-7-33-13-23(24,25)26/h4-5,8,11-12,16,18,22,27,31H,6-7,9-10,13H2,1-3H3,(H,28,30). The maximum absolute atomic E-state index is 12.6. The van der Waals surface area contributed by atoms with Gasteiger partial charge in [-0.25, -0.2) is 0 Å². The Hall–Kier alpha value is -2.56. The van der Waals surface area contributed by atoms with E-state index >= 15 is 0 Å². The summed E-state index contributed by atoms with van der Waals surface area (Å²) in [6.07, 6.45) is -0.00807. The Morgan fingerprint density at radius 1 is 1.27 bits per heavy atom. The predicted molar refractivity (Wildman–Crippen MR) is 119 cm³/mol. The van der Waals surface area contributed by atoms with Crippen molar-refractivity contribution in [1.82, 2.24) is 4.90 Å². The maximum atomic E-state index is 12.6. The lowest BCUT2D eigenvalue weighted by Gasteiger charge is -2.33. The van der Waals surface area contributed by atoms with Gasteiger partial charge < -0.3 is 30.1 Å². The highest BCUT2D eigenvalue weighted by atomic mass is 19.4. The van der Waals surface area contributed by atoms with Gasteiger partial charge in [0.05, 0.1) is 24.1 Å². The van der Waals surface area contributed by atoms with Gasteiger partial charge in [0.2, 0.25) is 5.91 Å². The van der Waals surface area contributed by atoms with Crippen LogP contribution in [-0.4, -0.2) is 68.3 Å². The van der Waals surface area contributed by atoms with E-state index in [4.69, 9.17) is 4.74 Å². The summed E-state index contributed by atoms with van der Waals surface area (Å²) in [7, 11) is 3.38. The predicted octanol–water partition coefficient (Wildman–Crippen LogP) is 3.59. The van der Waals surface area contributed by atoms with Gasteiger partial charge in [-0.15, -0.1) is 0 Å². The van der Waals surface area contributed by atoms with Gasteiger partial charge in [0.25, 0.3) is 0 Å². The molecule has 1 aliphatic carbocycles. The zero-order valence-electron chi connectivity index (χ0n) is 18.9. The number of halogens is 3. The first-order valence-corrected chi connectivity index (χ1v) is 10.7. The summed E-state index contributed by atoms with van der Waals surface area (Å²) in [5.74, 6) is -0.262. The van der Waals surface area contributed by atoms with Crippen molar-refractivity contribution >= 4 is 22.9 Å². The highest BCUT2D eigenvalue weighted by molar-refractivity contribution is 5.97. The van der Waals surface area contributed by atoms with Crippen LogP contribution in [-0.2, 0) is 14.3 Å². The third kappa shape index (κ3) is 6.72. The number of anilines is 2. The van der Waals surface area contributed by atoms with Crippen LogP contribution in [0.4, 0.5) is 24.5 Å². The van der Waals surface area contributed by atoms with Crippen LogP contribution < -0.4 is 10.6 Å². The van der Waals surface area contributed by atoms with E-state index in [1.54, 1.807) is 31.3 Å². The summed E-state index contributed by atoms with van der Waals surface area (Å²) in [4.78, 5) is 14.3. The lowest BCUT2D eigenvalue weighted by atomic mass is 9.81. The van der Waals surface area contributed by atoms with Gasteiger partial charge in [0, 0.05) is 32.8 Å². The number of amides is 1. The smallest absolute Gasteiger partial charge is 0.381 e. The lowest BCUT2D eigenvalue weighted by molar-refractivity contribution is -0.172. The minimum absolute atomic E-state index is 0.0899. The Balaban J connectivity index is 1.74. The van der Waals surface area contributed by atoms with Crippen LogP contribution >= 0.6 is 0 Å². The molecule has 1 amide bonds. The molecule has 0 bridgehead atoms. The molecule has 1 atom stereocenters. The highest BCUT2D eigenvalue weighted by Gasteiger charge is 2.34. The summed E-state index contributed by atoms with van der Waals surface area (Å²) in [5.41, 5.74) is 3.57. The number of ether oxygens (including phenoxy) is 2. The minimum Gasteiger partial charge on any atom is -0.381 e. The molecule has 1 unspecified atom stereocenters. The average Bonchev–Trinajstić information content (AvgIpc) is 2.70. The zero-order chi connectivity index (χ0) is 24.2. The molecule has 2 aliphatic rings. The average molecular weight is 470 g/mol. The van der Waals surface area contributed by atoms with Crippen molar-refractivity contribution < 1.29 is 32.5 Å². The second kappa shape index (κ2) is 10.6. The third-order valence-corrected chi connectivity index (χ3v) is 5.76. The number of carbonyl (C=O) groups is 1. The fourth-order valence-corrected chi connectivity index (χ4v) is 3.76. The molecule has 0 radical (unpaired) electrons. The Kier molecular flexibility index (Phi) is 8.04. The van der Waals surface area contributed by atoms with Crippen molar-refractivity contribution in [2.24, 2.45) is 5.92 Å². The molecule has 3 rings (SSSR count). The number of carbonyl (C=O) groups excluding carboxylic acids is 1. The third-order valence-electron chi connectivity index (χ3n) is 5.76. The Morgan fingerprint density at radius 2 is 2.00 bits per heavy atom. The number of nitrogens with zero attached hydrogens (tertiary/aromatic N) is 1. The van der Waals surface area contributed by atoms with Crippen molar-refractivity contribution in [3.63, 3.8) is 0 Å². The fourth-order valence-electron chi connectivity index (χ4n) is 3.76. The van der Waals surface area contributed by atoms with Crippen LogP contribution in [0.15, 0.2) is 36.0 Å². The van der Waals surface area contributed by atoms with Crippen LogP contribution in [0.25, 0.3) is 5.57 Å². The molecule has 1 heterocycles. The number of rotatable bonds is 9. The molecule has 0 spiro atoms. The van der Waals surface area contributed by atoms with Crippen molar-refractivity contribution in [3.05, 3.63) is 41.6 Å². The molecule has 1 saturated carbocycles. The molecule has 0 saturated heterocycles. The number of aliphatic hydroxyl groups excluding tert-OH is 1. The molecule has 182 valence electrons. The Labute approximate surface area is 191 Å². The van der Waals surface area contributed by atoms with E-state index in [-0.39, 0.29) is 31.1 Å². The summed E-state index contributed by atoms with van der Waals surface area (Å²) in [6.45, 7) is 0.494. The topological polar surface area (TPSA) is 83.1 Å². The molecule has 7 nitrogen and oxygen atoms in total. The number of aliphatic hydroxyl groups is 1. The molecule has 33 heavy (non-hydrogen) atoms. The number of benzene rings is 1. The molecule has 1 fully saturated rings. The van der Waals surface area contributed by atoms with Gasteiger partial charge in [-0.2, -0.15) is 13.2 Å². The minimum atomic E-state index is -4.38. The molecular weight excluding hydrogens is 439 g/mol. The number of likely N-dealkylation sites (N-methyl/N-ethyl adjacent to an activating group) is 1. The van der Waals surface area contributed by atoms with Crippen LogP contribution in [0.3, 0.4) is 0 Å². The van der Waals surface area contributed by atoms with Crippen molar-refractivity contribution in [3.8, 4) is 0 Å². The van der Waals surface area contributed by atoms with E-state index in [2.05, 4.69) is 15.4 Å². The van der Waals surface area contributed by atoms with Crippen molar-refractivity contribution in [2.45, 2.75) is 38.3 Å². The quantitative estimate of drug-likeness (QED) is 0.480. The second-order valence-corrected chi connectivity index (χ2v) is 8.38. The lowest BCUT2D eigenvalue weighted by Crippen LogP contribution is -2.38. The number of hydrogen-bond acceptors (Lipinski definition) is 6. The van der Waals surface area contributed by atoms with Crippen molar-refractivity contribution in [1.29, 1.82) is 0 Å². The maximum Gasteiger partial charge on any atom is 0.411 e. The largest absolute Gasteiger partial charge is 0.411 e. The summed E-state index contributed by atoms with van der Waals surface area (Å²) >= 11 is 0. The number of nitrogens with one attached hydrogen (secondary N) is 2. The molecule has 1 aromatic rings. The highest BCUT2D eigenvalue weighted by Crippen LogP contribution is 2.34. The molecule has 1 aliphatic heterocycles. The fraction of sp³-hybridized carbons (Fsp3) is 0.522. The number of hydrogen-bond donors (Lipinski definition) is 3. The summed E-state index contributed by atoms with van der Waals surface area (Å²) < 4.78 is 46.8. The second-order valence-electron chi connectivity index (χ2n) is 8.38.